The Balaban J connectivity index is 1.70. The minimum absolute atomic E-state index is 0.0772. The highest BCUT2D eigenvalue weighted by molar-refractivity contribution is 5.88. The molecular weight excluding hydrogens is 666 g/mol. The number of ether oxygens (including phenoxy) is 5. The molecule has 0 saturated carbocycles. The highest BCUT2D eigenvalue weighted by Crippen LogP contribution is 2.42. The molecule has 292 valence electrons. The smallest absolute Gasteiger partial charge is 0.410 e. The molecule has 1 aromatic rings. The first-order valence-corrected chi connectivity index (χ1v) is 18.8. The van der Waals surface area contributed by atoms with Crippen molar-refractivity contribution in [1.29, 1.82) is 0 Å². The number of carbonyl (C=O) groups excluding carboxylic acids is 3. The molecule has 4 rings (SSSR count). The number of cyclic esters (lactones) is 1. The van der Waals surface area contributed by atoms with E-state index in [-0.39, 0.29) is 24.3 Å². The average molecular weight is 730 g/mol. The second-order valence-corrected chi connectivity index (χ2v) is 15.8. The summed E-state index contributed by atoms with van der Waals surface area (Å²) in [5.74, 6) is -2.28. The van der Waals surface area contributed by atoms with E-state index in [0.717, 1.165) is 5.56 Å². The Labute approximate surface area is 310 Å². The van der Waals surface area contributed by atoms with Crippen LogP contribution in [-0.2, 0) is 39.8 Å². The fourth-order valence-corrected chi connectivity index (χ4v) is 8.64. The van der Waals surface area contributed by atoms with Crippen LogP contribution in [0.3, 0.4) is 0 Å². The molecule has 0 aliphatic carbocycles. The van der Waals surface area contributed by atoms with Gasteiger partial charge < -0.3 is 39.0 Å². The second kappa shape index (κ2) is 17.5. The van der Waals surface area contributed by atoms with Crippen molar-refractivity contribution in [3.63, 3.8) is 0 Å². The van der Waals surface area contributed by atoms with Gasteiger partial charge in [-0.15, -0.1) is 0 Å². The molecule has 0 radical (unpaired) electrons. The lowest BCUT2D eigenvalue weighted by atomic mass is 9.74. The SMILES string of the molecule is CC[C@H]1OC(=O)/C(C)=C/[C@H](C)[C@@H](O[C@@H]2O[C@H](C)C[C@H](N(C)C)[C@H]2O)[C@](C)(OC)C[C@@H](C)C(=O)[C@@H](C)[C@H]2N(CCNCc3ccccc3)C(=O)O[C@]12C. The number of carbonyl (C=O) groups is 3. The van der Waals surface area contributed by atoms with Gasteiger partial charge in [-0.05, 0) is 66.6 Å². The van der Waals surface area contributed by atoms with Gasteiger partial charge in [0.2, 0.25) is 0 Å². The van der Waals surface area contributed by atoms with E-state index in [2.05, 4.69) is 5.32 Å². The summed E-state index contributed by atoms with van der Waals surface area (Å²) in [7, 11) is 5.41. The van der Waals surface area contributed by atoms with E-state index in [1.807, 2.05) is 90.9 Å². The van der Waals surface area contributed by atoms with Crippen molar-refractivity contribution in [1.82, 2.24) is 15.1 Å². The molecule has 1 aromatic carbocycles. The number of hydrogen-bond donors (Lipinski definition) is 2. The predicted molar refractivity (Wildman–Crippen MR) is 197 cm³/mol. The van der Waals surface area contributed by atoms with Crippen LogP contribution >= 0.6 is 0 Å². The highest BCUT2D eigenvalue weighted by atomic mass is 16.7. The Hall–Kier alpha value is -2.87. The van der Waals surface area contributed by atoms with Gasteiger partial charge in [0.1, 0.15) is 18.0 Å². The summed E-state index contributed by atoms with van der Waals surface area (Å²) in [4.78, 5) is 45.6. The highest BCUT2D eigenvalue weighted by Gasteiger charge is 2.60. The monoisotopic (exact) mass is 729 g/mol. The van der Waals surface area contributed by atoms with Gasteiger partial charge in [0.15, 0.2) is 11.9 Å². The number of amides is 1. The molecule has 2 saturated heterocycles. The van der Waals surface area contributed by atoms with Crippen molar-refractivity contribution in [3.05, 3.63) is 47.5 Å². The first-order chi connectivity index (χ1) is 24.5. The molecule has 1 amide bonds. The molecule has 0 unspecified atom stereocenters. The van der Waals surface area contributed by atoms with Crippen LogP contribution in [0.1, 0.15) is 80.2 Å². The number of aliphatic hydroxyl groups is 1. The maximum atomic E-state index is 14.6. The number of benzene rings is 1. The van der Waals surface area contributed by atoms with Crippen LogP contribution in [0, 0.1) is 17.8 Å². The molecule has 3 aliphatic heterocycles. The van der Waals surface area contributed by atoms with E-state index in [9.17, 15) is 19.5 Å². The van der Waals surface area contributed by atoms with Crippen LogP contribution in [0.4, 0.5) is 4.79 Å². The zero-order valence-corrected chi connectivity index (χ0v) is 33.1. The second-order valence-electron chi connectivity index (χ2n) is 15.8. The van der Waals surface area contributed by atoms with Gasteiger partial charge in [-0.3, -0.25) is 9.69 Å². The minimum atomic E-state index is -1.30. The number of rotatable bonds is 10. The van der Waals surface area contributed by atoms with Gasteiger partial charge in [-0.2, -0.15) is 0 Å². The van der Waals surface area contributed by atoms with Gasteiger partial charge in [0, 0.05) is 56.1 Å². The summed E-state index contributed by atoms with van der Waals surface area (Å²) in [5, 5.41) is 14.8. The topological polar surface area (TPSA) is 136 Å². The lowest BCUT2D eigenvalue weighted by Crippen LogP contribution is -2.59. The standard InChI is InChI=1S/C40H63N3O9/c1-12-31-40(8)34(43(38(47)52-40)19-18-41-23-29-16-14-13-15-17-29)28(6)32(44)26(4)22-39(7,48-11)35(24(2)20-25(3)36(46)50-31)51-37-33(45)30(42(9)10)21-27(5)49-37/h13-17,20,24,26-28,30-31,33-35,37,41,45H,12,18-19,21-23H2,1-11H3/b25-20+/t24-,26+,27+,28+,30-,31+,33+,34+,35+,37-,39+,40+/m0/s1. The molecule has 12 heteroatoms. The molecule has 0 aromatic heterocycles. The molecule has 2 fully saturated rings. The maximum absolute atomic E-state index is 14.6. The molecule has 12 atom stereocenters. The van der Waals surface area contributed by atoms with E-state index >= 15 is 0 Å². The number of nitrogens with zero attached hydrogens (tertiary/aromatic N) is 2. The van der Waals surface area contributed by atoms with Crippen molar-refractivity contribution in [2.75, 3.05) is 34.3 Å². The normalized spacial score (nSPS) is 39.0. The summed E-state index contributed by atoms with van der Waals surface area (Å²) in [6, 6.07) is 9.06. The van der Waals surface area contributed by atoms with Crippen molar-refractivity contribution in [2.24, 2.45) is 17.8 Å². The van der Waals surface area contributed by atoms with E-state index in [1.54, 1.807) is 31.9 Å². The van der Waals surface area contributed by atoms with Gasteiger partial charge in [0.25, 0.3) is 0 Å². The van der Waals surface area contributed by atoms with Gasteiger partial charge in [-0.25, -0.2) is 9.59 Å². The fourth-order valence-electron chi connectivity index (χ4n) is 8.64. The first kappa shape index (κ1) is 41.9. The molecule has 52 heavy (non-hydrogen) atoms. The first-order valence-electron chi connectivity index (χ1n) is 18.8. The zero-order valence-electron chi connectivity index (χ0n) is 33.1. The van der Waals surface area contributed by atoms with Gasteiger partial charge in [-0.1, -0.05) is 64.1 Å². The number of likely N-dealkylation sites (N-methyl/N-ethyl adjacent to an activating group) is 1. The molecule has 12 nitrogen and oxygen atoms in total. The van der Waals surface area contributed by atoms with Crippen LogP contribution in [-0.4, -0.2) is 121 Å². The maximum Gasteiger partial charge on any atom is 0.410 e. The number of fused-ring (bicyclic) bond motifs is 1. The summed E-state index contributed by atoms with van der Waals surface area (Å²) >= 11 is 0. The Morgan fingerprint density at radius 3 is 2.37 bits per heavy atom. The quantitative estimate of drug-likeness (QED) is 0.256. The van der Waals surface area contributed by atoms with Crippen molar-refractivity contribution in [3.8, 4) is 0 Å². The number of esters is 1. The van der Waals surface area contributed by atoms with Crippen LogP contribution in [0.5, 0.6) is 0 Å². The van der Waals surface area contributed by atoms with Gasteiger partial charge >= 0.3 is 12.1 Å². The lowest BCUT2D eigenvalue weighted by molar-refractivity contribution is -0.294. The van der Waals surface area contributed by atoms with E-state index < -0.39 is 71.7 Å². The zero-order chi connectivity index (χ0) is 38.5. The third kappa shape index (κ3) is 9.07. The van der Waals surface area contributed by atoms with Crippen LogP contribution in [0.25, 0.3) is 0 Å². The average Bonchev–Trinajstić information content (AvgIpc) is 3.36. The molecule has 3 heterocycles. The van der Waals surface area contributed by atoms with Crippen LogP contribution in [0.2, 0.25) is 0 Å². The third-order valence-electron chi connectivity index (χ3n) is 11.5. The lowest BCUT2D eigenvalue weighted by Gasteiger charge is -2.47. The number of hydrogen-bond acceptors (Lipinski definition) is 11. The van der Waals surface area contributed by atoms with Crippen LogP contribution < -0.4 is 5.32 Å². The molecular formula is C40H63N3O9. The predicted octanol–water partition coefficient (Wildman–Crippen LogP) is 4.72. The summed E-state index contributed by atoms with van der Waals surface area (Å²) < 4.78 is 31.4. The third-order valence-corrected chi connectivity index (χ3v) is 11.5. The number of ketones is 1. The number of Topliss-reactive ketones (excluding diaryl/α,β-unsaturated/α-hetero) is 1. The molecule has 3 aliphatic rings. The Morgan fingerprint density at radius 1 is 1.08 bits per heavy atom. The molecule has 0 spiro atoms. The van der Waals surface area contributed by atoms with Crippen LogP contribution in [0.15, 0.2) is 42.0 Å². The van der Waals surface area contributed by atoms with E-state index in [0.29, 0.717) is 38.0 Å². The molecule has 2 N–H and O–H groups in total. The summed E-state index contributed by atoms with van der Waals surface area (Å²) in [6.07, 6.45) is -1.16. The fraction of sp³-hybridized carbons (Fsp3) is 0.725. The Morgan fingerprint density at radius 2 is 1.75 bits per heavy atom. The Bertz CT molecular complexity index is 1410. The summed E-state index contributed by atoms with van der Waals surface area (Å²) in [6.45, 7) is 16.2. The van der Waals surface area contributed by atoms with Gasteiger partial charge in [0.05, 0.1) is 23.9 Å². The minimum Gasteiger partial charge on any atom is -0.455 e. The Kier molecular flexibility index (Phi) is 14.1. The van der Waals surface area contributed by atoms with Crippen molar-refractivity contribution in [2.45, 2.75) is 135 Å². The number of aliphatic hydroxyl groups excluding tert-OH is 1. The summed E-state index contributed by atoms with van der Waals surface area (Å²) in [5.41, 5.74) is -0.893. The number of nitrogens with one attached hydrogen (secondary N) is 1. The van der Waals surface area contributed by atoms with Crippen molar-refractivity contribution < 1.29 is 43.2 Å². The number of methoxy groups -OCH3 is 1. The van der Waals surface area contributed by atoms with E-state index in [1.165, 1.54) is 0 Å². The largest absolute Gasteiger partial charge is 0.455 e. The van der Waals surface area contributed by atoms with Crippen molar-refractivity contribution >= 4 is 17.8 Å². The molecule has 0 bridgehead atoms. The van der Waals surface area contributed by atoms with E-state index in [4.69, 9.17) is 23.7 Å².